The van der Waals surface area contributed by atoms with Crippen molar-refractivity contribution >= 4 is 0 Å². The second-order valence-corrected chi connectivity index (χ2v) is 9.43. The summed E-state index contributed by atoms with van der Waals surface area (Å²) in [5.74, 6) is 0. The molecule has 2 unspecified atom stereocenters. The first-order valence-electron chi connectivity index (χ1n) is 10.9. The fourth-order valence-corrected chi connectivity index (χ4v) is 4.86. The van der Waals surface area contributed by atoms with Crippen molar-refractivity contribution < 1.29 is 0 Å². The summed E-state index contributed by atoms with van der Waals surface area (Å²) in [6.07, 6.45) is 14.6. The van der Waals surface area contributed by atoms with Crippen LogP contribution >= 0.6 is 0 Å². The molecular formula is C27H36N2. The summed E-state index contributed by atoms with van der Waals surface area (Å²) in [5.41, 5.74) is 2.19. The van der Waals surface area contributed by atoms with Crippen molar-refractivity contribution in [2.45, 2.75) is 71.4 Å². The number of unbranched alkanes of at least 4 members (excludes halogenated alkanes) is 1. The van der Waals surface area contributed by atoms with Gasteiger partial charge in [0.1, 0.15) is 0 Å². The number of hydrogen-bond donors (Lipinski definition) is 0. The van der Waals surface area contributed by atoms with E-state index in [0.717, 1.165) is 13.0 Å². The summed E-state index contributed by atoms with van der Waals surface area (Å²) >= 11 is 0. The minimum Gasteiger partial charge on any atom is -0.363 e. The lowest BCUT2D eigenvalue weighted by Crippen LogP contribution is -2.64. The maximum absolute atomic E-state index is 4.90. The highest BCUT2D eigenvalue weighted by atomic mass is 15.2. The summed E-state index contributed by atoms with van der Waals surface area (Å²) < 4.78 is 0. The third kappa shape index (κ3) is 3.90. The van der Waals surface area contributed by atoms with Crippen LogP contribution in [0, 0.1) is 5.41 Å². The van der Waals surface area contributed by atoms with Gasteiger partial charge in [0.15, 0.2) is 0 Å². The van der Waals surface area contributed by atoms with E-state index in [2.05, 4.69) is 106 Å². The van der Waals surface area contributed by atoms with E-state index in [1.807, 2.05) is 12.3 Å². The molecule has 0 N–H and O–H groups in total. The van der Waals surface area contributed by atoms with Gasteiger partial charge >= 0.3 is 0 Å². The quantitative estimate of drug-likeness (QED) is 0.513. The Morgan fingerprint density at radius 2 is 1.66 bits per heavy atom. The number of aromatic nitrogens is 1. The Bertz CT molecular complexity index is 832. The molecule has 1 aromatic carbocycles. The van der Waals surface area contributed by atoms with Crippen molar-refractivity contribution in [1.82, 2.24) is 9.88 Å². The maximum Gasteiger partial charge on any atom is 0.0699 e. The Labute approximate surface area is 177 Å². The Hall–Kier alpha value is -2.35. The zero-order valence-electron chi connectivity index (χ0n) is 18.7. The average Bonchev–Trinajstić information content (AvgIpc) is 2.73. The van der Waals surface area contributed by atoms with Crippen LogP contribution in [0.1, 0.15) is 65.1 Å². The molecule has 2 atom stereocenters. The normalized spacial score (nSPS) is 21.2. The largest absolute Gasteiger partial charge is 0.363 e. The van der Waals surface area contributed by atoms with Gasteiger partial charge in [-0.1, -0.05) is 96.0 Å². The molecule has 2 nitrogen and oxygen atoms in total. The van der Waals surface area contributed by atoms with Gasteiger partial charge in [0.25, 0.3) is 0 Å². The molecule has 2 aromatic rings. The van der Waals surface area contributed by atoms with Gasteiger partial charge in [0, 0.05) is 30.1 Å². The van der Waals surface area contributed by atoms with E-state index in [-0.39, 0.29) is 16.4 Å². The number of hydrogen-bond acceptors (Lipinski definition) is 2. The van der Waals surface area contributed by atoms with Gasteiger partial charge in [-0.3, -0.25) is 4.98 Å². The molecule has 0 aliphatic carbocycles. The minimum atomic E-state index is -0.174. The maximum atomic E-state index is 4.90. The monoisotopic (exact) mass is 388 g/mol. The lowest BCUT2D eigenvalue weighted by molar-refractivity contribution is 0.00766. The SMILES string of the molecule is CCCCC1(C(C)(c2ccccn2)C(C)(C)C)C=CC=CN1Cc1ccccc1. The van der Waals surface area contributed by atoms with Crippen LogP contribution in [-0.4, -0.2) is 15.4 Å². The Morgan fingerprint density at radius 3 is 2.28 bits per heavy atom. The first kappa shape index (κ1) is 21.4. The van der Waals surface area contributed by atoms with Crippen LogP contribution in [0.5, 0.6) is 0 Å². The third-order valence-electron chi connectivity index (χ3n) is 6.91. The molecule has 3 rings (SSSR count). The predicted molar refractivity (Wildman–Crippen MR) is 124 cm³/mol. The molecule has 0 fully saturated rings. The van der Waals surface area contributed by atoms with E-state index in [4.69, 9.17) is 4.98 Å². The Kier molecular flexibility index (Phi) is 6.31. The van der Waals surface area contributed by atoms with Crippen LogP contribution in [0.4, 0.5) is 0 Å². The van der Waals surface area contributed by atoms with E-state index in [9.17, 15) is 0 Å². The van der Waals surface area contributed by atoms with E-state index in [1.165, 1.54) is 24.1 Å². The van der Waals surface area contributed by atoms with Crippen LogP contribution in [-0.2, 0) is 12.0 Å². The Morgan fingerprint density at radius 1 is 0.931 bits per heavy atom. The van der Waals surface area contributed by atoms with E-state index in [0.29, 0.717) is 0 Å². The van der Waals surface area contributed by atoms with Crippen LogP contribution < -0.4 is 0 Å². The number of nitrogens with zero attached hydrogens (tertiary/aromatic N) is 2. The predicted octanol–water partition coefficient (Wildman–Crippen LogP) is 6.90. The zero-order chi connectivity index (χ0) is 21.0. The Balaban J connectivity index is 2.19. The lowest BCUT2D eigenvalue weighted by Gasteiger charge is -2.59. The molecule has 154 valence electrons. The molecule has 0 spiro atoms. The van der Waals surface area contributed by atoms with Crippen molar-refractivity contribution in [3.8, 4) is 0 Å². The third-order valence-corrected chi connectivity index (χ3v) is 6.91. The highest BCUT2D eigenvalue weighted by Crippen LogP contribution is 2.54. The van der Waals surface area contributed by atoms with Gasteiger partial charge in [-0.05, 0) is 35.6 Å². The molecule has 2 heterocycles. The smallest absolute Gasteiger partial charge is 0.0699 e. The average molecular weight is 389 g/mol. The van der Waals surface area contributed by atoms with Crippen molar-refractivity contribution in [3.63, 3.8) is 0 Å². The lowest BCUT2D eigenvalue weighted by atomic mass is 9.53. The molecular weight excluding hydrogens is 352 g/mol. The van der Waals surface area contributed by atoms with Gasteiger partial charge in [0.05, 0.1) is 5.54 Å². The fraction of sp³-hybridized carbons (Fsp3) is 0.444. The summed E-state index contributed by atoms with van der Waals surface area (Å²) in [6, 6.07) is 17.2. The second-order valence-electron chi connectivity index (χ2n) is 9.43. The molecule has 1 aromatic heterocycles. The highest BCUT2D eigenvalue weighted by molar-refractivity contribution is 5.37. The minimum absolute atomic E-state index is 0.0134. The molecule has 1 aliphatic heterocycles. The van der Waals surface area contributed by atoms with Crippen molar-refractivity contribution in [3.05, 3.63) is 90.4 Å². The van der Waals surface area contributed by atoms with E-state index >= 15 is 0 Å². The summed E-state index contributed by atoms with van der Waals surface area (Å²) in [6.45, 7) is 12.7. The first-order valence-corrected chi connectivity index (χ1v) is 10.9. The number of rotatable bonds is 7. The topological polar surface area (TPSA) is 16.1 Å². The molecule has 0 bridgehead atoms. The van der Waals surface area contributed by atoms with Crippen molar-refractivity contribution in [2.75, 3.05) is 0 Å². The van der Waals surface area contributed by atoms with Gasteiger partial charge in [0.2, 0.25) is 0 Å². The van der Waals surface area contributed by atoms with Crippen LogP contribution in [0.15, 0.2) is 79.2 Å². The first-order chi connectivity index (χ1) is 13.8. The van der Waals surface area contributed by atoms with Gasteiger partial charge in [-0.25, -0.2) is 0 Å². The summed E-state index contributed by atoms with van der Waals surface area (Å²) in [5, 5.41) is 0. The molecule has 0 amide bonds. The van der Waals surface area contributed by atoms with Crippen molar-refractivity contribution in [2.24, 2.45) is 5.41 Å². The van der Waals surface area contributed by atoms with Crippen LogP contribution in [0.2, 0.25) is 0 Å². The molecule has 0 radical (unpaired) electrons. The fourth-order valence-electron chi connectivity index (χ4n) is 4.86. The molecule has 2 heteroatoms. The number of pyridine rings is 1. The molecule has 1 aliphatic rings. The molecule has 0 saturated carbocycles. The van der Waals surface area contributed by atoms with Gasteiger partial charge < -0.3 is 4.90 Å². The number of benzene rings is 1. The van der Waals surface area contributed by atoms with E-state index in [1.54, 1.807) is 0 Å². The summed E-state index contributed by atoms with van der Waals surface area (Å²) in [4.78, 5) is 7.47. The highest BCUT2D eigenvalue weighted by Gasteiger charge is 2.57. The van der Waals surface area contributed by atoms with Crippen LogP contribution in [0.25, 0.3) is 0 Å². The second kappa shape index (κ2) is 8.57. The standard InChI is InChI=1S/C27H36N2/c1-6-7-18-27(26(5,25(2,3)4)24-17-11-13-20-28-24)19-12-14-21-29(27)22-23-15-9-8-10-16-23/h8-17,19-21H,6-7,18,22H2,1-5H3. The van der Waals surface area contributed by atoms with Gasteiger partial charge in [-0.15, -0.1) is 0 Å². The number of allylic oxidation sites excluding steroid dienone is 2. The zero-order valence-corrected chi connectivity index (χ0v) is 18.7. The van der Waals surface area contributed by atoms with Crippen LogP contribution in [0.3, 0.4) is 0 Å². The summed E-state index contributed by atoms with van der Waals surface area (Å²) in [7, 11) is 0. The van der Waals surface area contributed by atoms with E-state index < -0.39 is 0 Å². The molecule has 29 heavy (non-hydrogen) atoms. The van der Waals surface area contributed by atoms with Gasteiger partial charge in [-0.2, -0.15) is 0 Å². The van der Waals surface area contributed by atoms with Crippen molar-refractivity contribution in [1.29, 1.82) is 0 Å². The molecule has 0 saturated heterocycles.